The van der Waals surface area contributed by atoms with Crippen LogP contribution in [0.15, 0.2) is 84.9 Å². The molecule has 0 aliphatic heterocycles. The van der Waals surface area contributed by atoms with Gasteiger partial charge in [-0.2, -0.15) is 0 Å². The van der Waals surface area contributed by atoms with E-state index in [2.05, 4.69) is 16.0 Å². The van der Waals surface area contributed by atoms with E-state index in [1.165, 1.54) is 0 Å². The Bertz CT molecular complexity index is 1280. The van der Waals surface area contributed by atoms with Gasteiger partial charge in [0, 0.05) is 18.7 Å². The number of hydrogen-bond donors (Lipinski definition) is 1. The Balaban J connectivity index is 1.38. The van der Waals surface area contributed by atoms with E-state index in [-0.39, 0.29) is 11.9 Å². The van der Waals surface area contributed by atoms with Gasteiger partial charge in [-0.1, -0.05) is 48.5 Å². The van der Waals surface area contributed by atoms with Gasteiger partial charge in [0.15, 0.2) is 0 Å². The Morgan fingerprint density at radius 1 is 1.00 bits per heavy atom. The minimum atomic E-state index is -0.233. The molecule has 1 N–H and O–H groups in total. The zero-order valence-electron chi connectivity index (χ0n) is 20.2. The molecule has 0 aliphatic carbocycles. The summed E-state index contributed by atoms with van der Waals surface area (Å²) in [6.45, 7) is 3.38. The van der Waals surface area contributed by atoms with Crippen LogP contribution in [0.2, 0.25) is 0 Å². The van der Waals surface area contributed by atoms with Crippen molar-refractivity contribution in [2.75, 3.05) is 13.7 Å². The molecule has 1 unspecified atom stereocenters. The van der Waals surface area contributed by atoms with Crippen molar-refractivity contribution in [3.05, 3.63) is 96.3 Å². The standard InChI is InChI=1S/C29H31N3O3/c1-22(30-28(33)18-17-23-11-4-3-5-12-23)29-31-26-15-6-7-16-27(26)32(29)19-8-9-20-35-25-14-10-13-24(21-25)34-2/h3-7,10-18,21-22H,8-9,19-20H2,1-2H3,(H,30,33)/b18-17-. The highest BCUT2D eigenvalue weighted by molar-refractivity contribution is 5.92. The van der Waals surface area contributed by atoms with E-state index >= 15 is 0 Å². The van der Waals surface area contributed by atoms with E-state index in [4.69, 9.17) is 14.5 Å². The van der Waals surface area contributed by atoms with Crippen molar-refractivity contribution in [3.63, 3.8) is 0 Å². The summed E-state index contributed by atoms with van der Waals surface area (Å²) in [7, 11) is 1.65. The number of imidazole rings is 1. The second-order valence-corrected chi connectivity index (χ2v) is 8.32. The van der Waals surface area contributed by atoms with Gasteiger partial charge in [-0.05, 0) is 55.7 Å². The van der Waals surface area contributed by atoms with Crippen LogP contribution < -0.4 is 14.8 Å². The van der Waals surface area contributed by atoms with Crippen molar-refractivity contribution >= 4 is 23.0 Å². The van der Waals surface area contributed by atoms with Gasteiger partial charge in [-0.3, -0.25) is 4.79 Å². The molecule has 1 aromatic heterocycles. The van der Waals surface area contributed by atoms with Crippen molar-refractivity contribution < 1.29 is 14.3 Å². The third-order valence-corrected chi connectivity index (χ3v) is 5.74. The lowest BCUT2D eigenvalue weighted by Crippen LogP contribution is -2.27. The highest BCUT2D eigenvalue weighted by Gasteiger charge is 2.17. The number of methoxy groups -OCH3 is 1. The number of carbonyl (C=O) groups excluding carboxylic acids is 1. The first-order chi connectivity index (χ1) is 17.1. The molecule has 6 nitrogen and oxygen atoms in total. The largest absolute Gasteiger partial charge is 0.497 e. The lowest BCUT2D eigenvalue weighted by atomic mass is 10.2. The second-order valence-electron chi connectivity index (χ2n) is 8.32. The minimum Gasteiger partial charge on any atom is -0.497 e. The van der Waals surface area contributed by atoms with Crippen LogP contribution in [0, 0.1) is 0 Å². The lowest BCUT2D eigenvalue weighted by Gasteiger charge is -2.16. The number of nitrogens with zero attached hydrogens (tertiary/aromatic N) is 2. The molecule has 180 valence electrons. The topological polar surface area (TPSA) is 65.4 Å². The summed E-state index contributed by atoms with van der Waals surface area (Å²) < 4.78 is 13.3. The number of aromatic nitrogens is 2. The molecule has 1 heterocycles. The predicted octanol–water partition coefficient (Wildman–Crippen LogP) is 5.79. The van der Waals surface area contributed by atoms with Crippen LogP contribution >= 0.6 is 0 Å². The van der Waals surface area contributed by atoms with E-state index in [1.807, 2.05) is 85.8 Å². The summed E-state index contributed by atoms with van der Waals surface area (Å²) in [5, 5.41) is 3.06. The normalized spacial score (nSPS) is 12.1. The fourth-order valence-electron chi connectivity index (χ4n) is 3.97. The van der Waals surface area contributed by atoms with Gasteiger partial charge >= 0.3 is 0 Å². The van der Waals surface area contributed by atoms with Gasteiger partial charge in [0.1, 0.15) is 17.3 Å². The van der Waals surface area contributed by atoms with Gasteiger partial charge in [0.25, 0.3) is 0 Å². The molecule has 0 saturated carbocycles. The van der Waals surface area contributed by atoms with Crippen molar-refractivity contribution in [2.45, 2.75) is 32.4 Å². The van der Waals surface area contributed by atoms with E-state index < -0.39 is 0 Å². The van der Waals surface area contributed by atoms with Crippen molar-refractivity contribution in [3.8, 4) is 11.5 Å². The molecule has 0 spiro atoms. The number of ether oxygens (including phenoxy) is 2. The number of hydrogen-bond acceptors (Lipinski definition) is 4. The van der Waals surface area contributed by atoms with Crippen molar-refractivity contribution in [1.29, 1.82) is 0 Å². The maximum Gasteiger partial charge on any atom is 0.244 e. The number of aryl methyl sites for hydroxylation is 1. The SMILES string of the molecule is COc1cccc(OCCCCn2c(C(C)NC(=O)/C=C\c3ccccc3)nc3ccccc32)c1. The molecule has 0 bridgehead atoms. The maximum absolute atomic E-state index is 12.5. The molecule has 6 heteroatoms. The predicted molar refractivity (Wildman–Crippen MR) is 139 cm³/mol. The molecule has 1 amide bonds. The molecule has 0 saturated heterocycles. The molecule has 3 aromatic carbocycles. The number of unbranched alkanes of at least 4 members (excludes halogenated alkanes) is 1. The van der Waals surface area contributed by atoms with Crippen molar-refractivity contribution in [1.82, 2.24) is 14.9 Å². The summed E-state index contributed by atoms with van der Waals surface area (Å²) in [5.41, 5.74) is 2.98. The third kappa shape index (κ3) is 6.51. The molecule has 1 atom stereocenters. The summed E-state index contributed by atoms with van der Waals surface area (Å²) in [5.74, 6) is 2.29. The molecule has 0 aliphatic rings. The smallest absolute Gasteiger partial charge is 0.244 e. The summed E-state index contributed by atoms with van der Waals surface area (Å²) in [4.78, 5) is 17.4. The molecule has 4 aromatic rings. The summed E-state index contributed by atoms with van der Waals surface area (Å²) >= 11 is 0. The average Bonchev–Trinajstić information content (AvgIpc) is 3.27. The first-order valence-electron chi connectivity index (χ1n) is 11.9. The number of carbonyl (C=O) groups is 1. The van der Waals surface area contributed by atoms with Gasteiger partial charge in [-0.15, -0.1) is 0 Å². The molecule has 35 heavy (non-hydrogen) atoms. The number of nitrogens with one attached hydrogen (secondary N) is 1. The molecule has 0 radical (unpaired) electrons. The monoisotopic (exact) mass is 469 g/mol. The number of rotatable bonds is 11. The van der Waals surface area contributed by atoms with Crippen LogP contribution in [-0.4, -0.2) is 29.2 Å². The first kappa shape index (κ1) is 24.1. The Labute approximate surface area is 206 Å². The van der Waals surface area contributed by atoms with Gasteiger partial charge in [-0.25, -0.2) is 4.98 Å². The minimum absolute atomic E-state index is 0.147. The van der Waals surface area contributed by atoms with E-state index in [0.717, 1.165) is 53.3 Å². The molecular formula is C29H31N3O3. The number of fused-ring (bicyclic) bond motifs is 1. The number of para-hydroxylation sites is 2. The first-order valence-corrected chi connectivity index (χ1v) is 11.9. The Morgan fingerprint density at radius 3 is 2.60 bits per heavy atom. The fraction of sp³-hybridized carbons (Fsp3) is 0.241. The molecule has 0 fully saturated rings. The quantitative estimate of drug-likeness (QED) is 0.223. The Hall–Kier alpha value is -4.06. The maximum atomic E-state index is 12.5. The summed E-state index contributed by atoms with van der Waals surface area (Å²) in [6.07, 6.45) is 5.19. The summed E-state index contributed by atoms with van der Waals surface area (Å²) in [6, 6.07) is 25.3. The molecule has 4 rings (SSSR count). The number of benzene rings is 3. The van der Waals surface area contributed by atoms with Crippen LogP contribution in [0.25, 0.3) is 17.1 Å². The highest BCUT2D eigenvalue weighted by atomic mass is 16.5. The molecular weight excluding hydrogens is 438 g/mol. The highest BCUT2D eigenvalue weighted by Crippen LogP contribution is 2.22. The fourth-order valence-corrected chi connectivity index (χ4v) is 3.97. The van der Waals surface area contributed by atoms with Crippen LogP contribution in [-0.2, 0) is 11.3 Å². The van der Waals surface area contributed by atoms with Crippen LogP contribution in [0.5, 0.6) is 11.5 Å². The lowest BCUT2D eigenvalue weighted by molar-refractivity contribution is -0.117. The van der Waals surface area contributed by atoms with Crippen LogP contribution in [0.1, 0.15) is 37.2 Å². The van der Waals surface area contributed by atoms with Crippen LogP contribution in [0.3, 0.4) is 0 Å². The zero-order chi connectivity index (χ0) is 24.5. The van der Waals surface area contributed by atoms with Crippen molar-refractivity contribution in [2.24, 2.45) is 0 Å². The van der Waals surface area contributed by atoms with Gasteiger partial charge in [0.2, 0.25) is 5.91 Å². The Morgan fingerprint density at radius 2 is 1.77 bits per heavy atom. The van der Waals surface area contributed by atoms with E-state index in [1.54, 1.807) is 13.2 Å². The third-order valence-electron chi connectivity index (χ3n) is 5.74. The number of amides is 1. The van der Waals surface area contributed by atoms with Gasteiger partial charge in [0.05, 0.1) is 30.8 Å². The average molecular weight is 470 g/mol. The zero-order valence-corrected chi connectivity index (χ0v) is 20.2. The van der Waals surface area contributed by atoms with E-state index in [0.29, 0.717) is 6.61 Å². The van der Waals surface area contributed by atoms with Gasteiger partial charge < -0.3 is 19.4 Å². The second kappa shape index (κ2) is 11.9. The Kier molecular flexibility index (Phi) is 8.17. The van der Waals surface area contributed by atoms with E-state index in [9.17, 15) is 4.79 Å². The van der Waals surface area contributed by atoms with Crippen LogP contribution in [0.4, 0.5) is 0 Å².